The van der Waals surface area contributed by atoms with Gasteiger partial charge in [-0.3, -0.25) is 14.1 Å². The molecule has 0 radical (unpaired) electrons. The molecule has 0 atom stereocenters. The van der Waals surface area contributed by atoms with Crippen molar-refractivity contribution in [1.29, 1.82) is 0 Å². The number of aryl methyl sites for hydroxylation is 3. The lowest BCUT2D eigenvalue weighted by molar-refractivity contribution is 0.302. The fourth-order valence-corrected chi connectivity index (χ4v) is 6.81. The summed E-state index contributed by atoms with van der Waals surface area (Å²) >= 11 is 0. The Kier molecular flexibility index (Phi) is 13.7. The van der Waals surface area contributed by atoms with Crippen LogP contribution in [0, 0.1) is 20.8 Å². The minimum absolute atomic E-state index is 0.0312. The average Bonchev–Trinajstić information content (AvgIpc) is 3.15. The lowest BCUT2D eigenvalue weighted by Crippen LogP contribution is -2.26. The molecule has 0 saturated carbocycles. The monoisotopic (exact) mass is 820 g/mol. The number of hydrogen-bond donors (Lipinski definition) is 6. The number of aliphatic hydroxyl groups excluding tert-OH is 1. The van der Waals surface area contributed by atoms with Gasteiger partial charge in [-0.1, -0.05) is 17.7 Å². The summed E-state index contributed by atoms with van der Waals surface area (Å²) in [7, 11) is -9.64. The van der Waals surface area contributed by atoms with Gasteiger partial charge in [-0.05, 0) is 99.5 Å². The summed E-state index contributed by atoms with van der Waals surface area (Å²) in [5, 5.41) is 26.1. The zero-order chi connectivity index (χ0) is 41.3. The molecule has 0 aliphatic rings. The molecule has 5 rings (SSSR count). The van der Waals surface area contributed by atoms with E-state index in [1.807, 2.05) is 64.1 Å². The van der Waals surface area contributed by atoms with Crippen LogP contribution in [0.4, 0.5) is 22.7 Å². The van der Waals surface area contributed by atoms with Crippen molar-refractivity contribution in [2.75, 3.05) is 48.7 Å². The average molecular weight is 821 g/mol. The Balaban J connectivity index is 1.31. The third-order valence-corrected chi connectivity index (χ3v) is 10.3. The summed E-state index contributed by atoms with van der Waals surface area (Å²) in [4.78, 5) is 5.10. The standard InChI is InChI=1S/C40H44N4O11S2/c1-5-44(14-15-45)32-9-10-36(27(3)17-32)41-23-29-18-30(7-11-37(29)46)43-25-54-40-19-31(8-13-39(40)55-38-12-6-26(2)16-28(38)4)42-24-53-33-20-34(56(47,48)49)22-35(21-33)57(50,51)52/h6-13,16-23,42-43,45-46H,5,14-15,24-25H2,1-4H3,(H,47,48,49)(H,50,51,52). The van der Waals surface area contributed by atoms with Crippen LogP contribution in [0.2, 0.25) is 0 Å². The van der Waals surface area contributed by atoms with Crippen molar-refractivity contribution in [1.82, 2.24) is 0 Å². The summed E-state index contributed by atoms with van der Waals surface area (Å²) in [6.45, 7) is 8.86. The number of nitrogens with one attached hydrogen (secondary N) is 2. The van der Waals surface area contributed by atoms with E-state index in [0.717, 1.165) is 46.7 Å². The van der Waals surface area contributed by atoms with Gasteiger partial charge in [-0.25, -0.2) is 0 Å². The molecule has 6 N–H and O–H groups in total. The first-order chi connectivity index (χ1) is 27.0. The van der Waals surface area contributed by atoms with Gasteiger partial charge in [0.25, 0.3) is 20.2 Å². The van der Waals surface area contributed by atoms with Crippen LogP contribution >= 0.6 is 0 Å². The molecule has 302 valence electrons. The number of benzene rings is 5. The molecule has 57 heavy (non-hydrogen) atoms. The summed E-state index contributed by atoms with van der Waals surface area (Å²) < 4.78 is 83.6. The van der Waals surface area contributed by atoms with E-state index in [2.05, 4.69) is 20.5 Å². The normalized spacial score (nSPS) is 11.7. The third kappa shape index (κ3) is 11.6. The second-order valence-electron chi connectivity index (χ2n) is 12.9. The molecule has 0 amide bonds. The molecule has 0 heterocycles. The van der Waals surface area contributed by atoms with Crippen LogP contribution in [0.1, 0.15) is 29.2 Å². The number of hydrogen-bond acceptors (Lipinski definition) is 13. The molecule has 0 aliphatic carbocycles. The maximum Gasteiger partial charge on any atom is 0.294 e. The Morgan fingerprint density at radius 3 is 2.00 bits per heavy atom. The van der Waals surface area contributed by atoms with Gasteiger partial charge in [0.15, 0.2) is 25.0 Å². The van der Waals surface area contributed by atoms with Crippen LogP contribution in [-0.2, 0) is 20.2 Å². The highest BCUT2D eigenvalue weighted by Gasteiger charge is 2.19. The zero-order valence-corrected chi connectivity index (χ0v) is 33.3. The Morgan fingerprint density at radius 1 is 0.719 bits per heavy atom. The highest BCUT2D eigenvalue weighted by molar-refractivity contribution is 7.86. The highest BCUT2D eigenvalue weighted by atomic mass is 32.2. The number of anilines is 3. The number of phenolic OH excluding ortho intramolecular Hbond substituents is 1. The second kappa shape index (κ2) is 18.4. The molecule has 5 aromatic carbocycles. The Morgan fingerprint density at radius 2 is 1.37 bits per heavy atom. The van der Waals surface area contributed by atoms with Crippen molar-refractivity contribution < 1.29 is 50.4 Å². The number of likely N-dealkylation sites (N-methyl/N-ethyl adjacent to an activating group) is 1. The van der Waals surface area contributed by atoms with Gasteiger partial charge in [0.2, 0.25) is 0 Å². The Labute approximate surface area is 331 Å². The SMILES string of the molecule is CCN(CCO)c1ccc(N=Cc2cc(NCOc3cc(NCOc4cc(S(=O)(=O)O)cc(S(=O)(=O)O)c4)ccc3Oc3ccc(C)cc3C)ccc2O)c(C)c1. The van der Waals surface area contributed by atoms with Crippen LogP contribution in [0.5, 0.6) is 28.7 Å². The van der Waals surface area contributed by atoms with Crippen LogP contribution in [0.3, 0.4) is 0 Å². The van der Waals surface area contributed by atoms with E-state index in [-0.39, 0.29) is 31.6 Å². The van der Waals surface area contributed by atoms with E-state index in [9.17, 15) is 36.2 Å². The van der Waals surface area contributed by atoms with E-state index in [1.54, 1.807) is 36.5 Å². The van der Waals surface area contributed by atoms with Crippen LogP contribution in [0.15, 0.2) is 106 Å². The smallest absolute Gasteiger partial charge is 0.294 e. The first-order valence-electron chi connectivity index (χ1n) is 17.6. The lowest BCUT2D eigenvalue weighted by atomic mass is 10.1. The first-order valence-corrected chi connectivity index (χ1v) is 20.5. The Bertz CT molecular complexity index is 2430. The summed E-state index contributed by atoms with van der Waals surface area (Å²) in [5.74, 6) is 1.08. The van der Waals surface area contributed by atoms with Crippen LogP contribution in [0.25, 0.3) is 0 Å². The third-order valence-electron chi connectivity index (χ3n) is 8.63. The van der Waals surface area contributed by atoms with Gasteiger partial charge in [-0.15, -0.1) is 0 Å². The van der Waals surface area contributed by atoms with Gasteiger partial charge in [-0.2, -0.15) is 16.8 Å². The van der Waals surface area contributed by atoms with Gasteiger partial charge < -0.3 is 40.0 Å². The maximum absolute atomic E-state index is 11.7. The fourth-order valence-electron chi connectivity index (χ4n) is 5.65. The largest absolute Gasteiger partial charge is 0.507 e. The number of aliphatic hydroxyl groups is 1. The van der Waals surface area contributed by atoms with Crippen molar-refractivity contribution in [3.63, 3.8) is 0 Å². The molecule has 0 aliphatic heterocycles. The molecule has 17 heteroatoms. The summed E-state index contributed by atoms with van der Waals surface area (Å²) in [5.41, 5.74) is 6.17. The quantitative estimate of drug-likeness (QED) is 0.0226. The van der Waals surface area contributed by atoms with E-state index >= 15 is 0 Å². The van der Waals surface area contributed by atoms with Gasteiger partial charge in [0.1, 0.15) is 17.2 Å². The molecule has 0 fully saturated rings. The van der Waals surface area contributed by atoms with Gasteiger partial charge in [0, 0.05) is 60.1 Å². The van der Waals surface area contributed by atoms with Crippen LogP contribution < -0.4 is 29.7 Å². The van der Waals surface area contributed by atoms with Crippen molar-refractivity contribution in [3.8, 4) is 28.7 Å². The molecule has 15 nitrogen and oxygen atoms in total. The maximum atomic E-state index is 11.7. The lowest BCUT2D eigenvalue weighted by Gasteiger charge is -2.22. The number of phenols is 1. The van der Waals surface area contributed by atoms with Crippen molar-refractivity contribution in [2.24, 2.45) is 4.99 Å². The predicted molar refractivity (Wildman–Crippen MR) is 218 cm³/mol. The van der Waals surface area contributed by atoms with Crippen molar-refractivity contribution >= 4 is 49.2 Å². The molecule has 5 aromatic rings. The predicted octanol–water partition coefficient (Wildman–Crippen LogP) is 7.07. The fraction of sp³-hybridized carbons (Fsp3) is 0.225. The molecule has 0 saturated heterocycles. The molecular weight excluding hydrogens is 777 g/mol. The molecule has 0 aromatic heterocycles. The minimum Gasteiger partial charge on any atom is -0.507 e. The molecule has 0 unspecified atom stereocenters. The van der Waals surface area contributed by atoms with Crippen molar-refractivity contribution in [3.05, 3.63) is 113 Å². The van der Waals surface area contributed by atoms with Gasteiger partial charge >= 0.3 is 0 Å². The van der Waals surface area contributed by atoms with Crippen LogP contribution in [-0.4, -0.2) is 75.5 Å². The van der Waals surface area contributed by atoms with E-state index < -0.39 is 30.0 Å². The number of ether oxygens (including phenoxy) is 3. The van der Waals surface area contributed by atoms with E-state index in [4.69, 9.17) is 14.2 Å². The topological polar surface area (TPSA) is 217 Å². The van der Waals surface area contributed by atoms with E-state index in [0.29, 0.717) is 46.8 Å². The first kappa shape index (κ1) is 42.3. The number of nitrogens with zero attached hydrogens (tertiary/aromatic N) is 2. The summed E-state index contributed by atoms with van der Waals surface area (Å²) in [6.07, 6.45) is 1.57. The molecule has 0 bridgehead atoms. The number of rotatable bonds is 18. The second-order valence-corrected chi connectivity index (χ2v) is 15.7. The van der Waals surface area contributed by atoms with E-state index in [1.165, 1.54) is 6.07 Å². The number of aliphatic imine (C=N–C) groups is 1. The summed E-state index contributed by atoms with van der Waals surface area (Å²) in [6, 6.07) is 23.9. The Hall–Kier alpha value is -5.85. The molecule has 0 spiro atoms. The minimum atomic E-state index is -4.82. The number of aromatic hydroxyl groups is 1. The molecular formula is C40H44N4O11S2. The van der Waals surface area contributed by atoms with Crippen molar-refractivity contribution in [2.45, 2.75) is 37.5 Å². The highest BCUT2D eigenvalue weighted by Crippen LogP contribution is 2.36. The zero-order valence-electron chi connectivity index (χ0n) is 31.6. The van der Waals surface area contributed by atoms with Gasteiger partial charge in [0.05, 0.1) is 22.1 Å².